The molecule has 1 rings (SSSR count). The van der Waals surface area contributed by atoms with Crippen molar-refractivity contribution in [1.82, 2.24) is 4.90 Å². The minimum atomic E-state index is 0.0278. The first kappa shape index (κ1) is 15.7. The average Bonchev–Trinajstić information content (AvgIpc) is 2.37. The van der Waals surface area contributed by atoms with Crippen molar-refractivity contribution in [3.8, 4) is 0 Å². The molecule has 4 nitrogen and oxygen atoms in total. The topological polar surface area (TPSA) is 58.4 Å². The Kier molecular flexibility index (Phi) is 6.53. The van der Waals surface area contributed by atoms with Gasteiger partial charge in [0.25, 0.3) is 0 Å². The van der Waals surface area contributed by atoms with E-state index in [0.717, 1.165) is 24.2 Å². The van der Waals surface area contributed by atoms with Gasteiger partial charge in [-0.05, 0) is 45.4 Å². The van der Waals surface area contributed by atoms with E-state index in [9.17, 15) is 4.79 Å². The third kappa shape index (κ3) is 5.41. The van der Waals surface area contributed by atoms with Crippen LogP contribution in [0, 0.1) is 6.92 Å². The molecule has 1 aromatic carbocycles. The van der Waals surface area contributed by atoms with Gasteiger partial charge in [-0.25, -0.2) is 0 Å². The quantitative estimate of drug-likeness (QED) is 0.791. The van der Waals surface area contributed by atoms with Crippen LogP contribution >= 0.6 is 0 Å². The monoisotopic (exact) mass is 263 g/mol. The van der Waals surface area contributed by atoms with Gasteiger partial charge in [0.15, 0.2) is 0 Å². The molecule has 0 aliphatic rings. The van der Waals surface area contributed by atoms with Gasteiger partial charge in [-0.15, -0.1) is 0 Å². The van der Waals surface area contributed by atoms with E-state index in [1.807, 2.05) is 31.2 Å². The molecule has 1 aromatic rings. The summed E-state index contributed by atoms with van der Waals surface area (Å²) in [5.41, 5.74) is 7.49. The Morgan fingerprint density at radius 1 is 1.37 bits per heavy atom. The Morgan fingerprint density at radius 3 is 2.63 bits per heavy atom. The summed E-state index contributed by atoms with van der Waals surface area (Å²) in [5.74, 6) is 0.0278. The zero-order chi connectivity index (χ0) is 14.3. The molecule has 0 spiro atoms. The maximum absolute atomic E-state index is 12.1. The predicted octanol–water partition coefficient (Wildman–Crippen LogP) is 1.99. The summed E-state index contributed by atoms with van der Waals surface area (Å²) in [6.45, 7) is 8.10. The van der Waals surface area contributed by atoms with Gasteiger partial charge in [0.2, 0.25) is 5.91 Å². The van der Waals surface area contributed by atoms with E-state index in [1.165, 1.54) is 0 Å². The first-order valence-electron chi connectivity index (χ1n) is 6.84. The van der Waals surface area contributed by atoms with Crippen molar-refractivity contribution in [2.45, 2.75) is 33.2 Å². The van der Waals surface area contributed by atoms with Crippen LogP contribution in [0.4, 0.5) is 5.69 Å². The van der Waals surface area contributed by atoms with Crippen LogP contribution in [0.3, 0.4) is 0 Å². The number of nitrogens with one attached hydrogen (secondary N) is 1. The van der Waals surface area contributed by atoms with Gasteiger partial charge >= 0.3 is 0 Å². The van der Waals surface area contributed by atoms with Gasteiger partial charge < -0.3 is 11.1 Å². The molecule has 0 aliphatic heterocycles. The highest BCUT2D eigenvalue weighted by molar-refractivity contribution is 5.92. The molecule has 0 bridgehead atoms. The lowest BCUT2D eigenvalue weighted by molar-refractivity contribution is -0.117. The second-order valence-electron chi connectivity index (χ2n) is 5.07. The zero-order valence-electron chi connectivity index (χ0n) is 12.1. The standard InChI is InChI=1S/C15H25N3O/c1-12(2)18(10-6-9-16)11-15(19)17-14-8-5-4-7-13(14)3/h4-5,7-8,12H,6,9-11,16H2,1-3H3,(H,17,19). The number of hydrogen-bond donors (Lipinski definition) is 2. The van der Waals surface area contributed by atoms with E-state index < -0.39 is 0 Å². The minimum absolute atomic E-state index is 0.0278. The predicted molar refractivity (Wildman–Crippen MR) is 80.2 cm³/mol. The Morgan fingerprint density at radius 2 is 2.05 bits per heavy atom. The van der Waals surface area contributed by atoms with Crippen molar-refractivity contribution >= 4 is 11.6 Å². The third-order valence-corrected chi connectivity index (χ3v) is 3.15. The number of benzene rings is 1. The van der Waals surface area contributed by atoms with Crippen molar-refractivity contribution in [1.29, 1.82) is 0 Å². The fraction of sp³-hybridized carbons (Fsp3) is 0.533. The highest BCUT2D eigenvalue weighted by atomic mass is 16.2. The SMILES string of the molecule is Cc1ccccc1NC(=O)CN(CCCN)C(C)C. The van der Waals surface area contributed by atoms with Gasteiger partial charge in [0.05, 0.1) is 6.54 Å². The van der Waals surface area contributed by atoms with Gasteiger partial charge in [0.1, 0.15) is 0 Å². The molecule has 0 saturated heterocycles. The Hall–Kier alpha value is -1.39. The average molecular weight is 263 g/mol. The summed E-state index contributed by atoms with van der Waals surface area (Å²) in [7, 11) is 0. The summed E-state index contributed by atoms with van der Waals surface area (Å²) in [5, 5.41) is 2.96. The number of nitrogens with two attached hydrogens (primary N) is 1. The fourth-order valence-corrected chi connectivity index (χ4v) is 1.90. The molecule has 106 valence electrons. The molecule has 4 heteroatoms. The number of para-hydroxylation sites is 1. The smallest absolute Gasteiger partial charge is 0.238 e. The number of aryl methyl sites for hydroxylation is 1. The van der Waals surface area contributed by atoms with Gasteiger partial charge in [-0.1, -0.05) is 18.2 Å². The second kappa shape index (κ2) is 7.92. The van der Waals surface area contributed by atoms with E-state index >= 15 is 0 Å². The molecular weight excluding hydrogens is 238 g/mol. The highest BCUT2D eigenvalue weighted by Crippen LogP contribution is 2.13. The first-order chi connectivity index (χ1) is 9.04. The molecule has 0 atom stereocenters. The van der Waals surface area contributed by atoms with E-state index in [-0.39, 0.29) is 5.91 Å². The molecule has 0 heterocycles. The van der Waals surface area contributed by atoms with Crippen molar-refractivity contribution in [2.24, 2.45) is 5.73 Å². The summed E-state index contributed by atoms with van der Waals surface area (Å²) in [6, 6.07) is 8.15. The van der Waals surface area contributed by atoms with Gasteiger partial charge in [0, 0.05) is 18.3 Å². The molecule has 0 unspecified atom stereocenters. The van der Waals surface area contributed by atoms with Crippen LogP contribution in [-0.4, -0.2) is 36.5 Å². The molecule has 0 fully saturated rings. The molecule has 0 radical (unpaired) electrons. The van der Waals surface area contributed by atoms with Crippen LogP contribution in [0.5, 0.6) is 0 Å². The molecule has 3 N–H and O–H groups in total. The van der Waals surface area contributed by atoms with E-state index in [1.54, 1.807) is 0 Å². The van der Waals surface area contributed by atoms with E-state index in [4.69, 9.17) is 5.73 Å². The van der Waals surface area contributed by atoms with Gasteiger partial charge in [-0.3, -0.25) is 9.69 Å². The number of carbonyl (C=O) groups is 1. The molecule has 0 aliphatic carbocycles. The molecule has 19 heavy (non-hydrogen) atoms. The lowest BCUT2D eigenvalue weighted by Crippen LogP contribution is -2.39. The van der Waals surface area contributed by atoms with Crippen molar-refractivity contribution in [2.75, 3.05) is 25.0 Å². The number of amides is 1. The van der Waals surface area contributed by atoms with E-state index in [2.05, 4.69) is 24.1 Å². The third-order valence-electron chi connectivity index (χ3n) is 3.15. The van der Waals surface area contributed by atoms with Crippen LogP contribution in [0.1, 0.15) is 25.8 Å². The number of nitrogens with zero attached hydrogens (tertiary/aromatic N) is 1. The van der Waals surface area contributed by atoms with Crippen molar-refractivity contribution < 1.29 is 4.79 Å². The normalized spacial score (nSPS) is 11.1. The van der Waals surface area contributed by atoms with E-state index in [0.29, 0.717) is 19.1 Å². The van der Waals surface area contributed by atoms with Crippen LogP contribution in [0.2, 0.25) is 0 Å². The van der Waals surface area contributed by atoms with Crippen LogP contribution < -0.4 is 11.1 Å². The Bertz CT molecular complexity index is 404. The number of carbonyl (C=O) groups excluding carboxylic acids is 1. The lowest BCUT2D eigenvalue weighted by Gasteiger charge is -2.25. The zero-order valence-corrected chi connectivity index (χ0v) is 12.1. The maximum atomic E-state index is 12.1. The Labute approximate surface area is 116 Å². The number of anilines is 1. The number of hydrogen-bond acceptors (Lipinski definition) is 3. The van der Waals surface area contributed by atoms with Crippen LogP contribution in [-0.2, 0) is 4.79 Å². The molecule has 1 amide bonds. The number of rotatable bonds is 7. The fourth-order valence-electron chi connectivity index (χ4n) is 1.90. The molecule has 0 aromatic heterocycles. The Balaban J connectivity index is 2.55. The summed E-state index contributed by atoms with van der Waals surface area (Å²) in [6.07, 6.45) is 0.913. The largest absolute Gasteiger partial charge is 0.330 e. The highest BCUT2D eigenvalue weighted by Gasteiger charge is 2.13. The second-order valence-corrected chi connectivity index (χ2v) is 5.07. The first-order valence-corrected chi connectivity index (χ1v) is 6.84. The molecule has 0 saturated carbocycles. The van der Waals surface area contributed by atoms with Crippen molar-refractivity contribution in [3.63, 3.8) is 0 Å². The van der Waals surface area contributed by atoms with Crippen LogP contribution in [0.15, 0.2) is 24.3 Å². The van der Waals surface area contributed by atoms with Gasteiger partial charge in [-0.2, -0.15) is 0 Å². The summed E-state index contributed by atoms with van der Waals surface area (Å²) >= 11 is 0. The minimum Gasteiger partial charge on any atom is -0.330 e. The van der Waals surface area contributed by atoms with Crippen LogP contribution in [0.25, 0.3) is 0 Å². The maximum Gasteiger partial charge on any atom is 0.238 e. The summed E-state index contributed by atoms with van der Waals surface area (Å²) in [4.78, 5) is 14.2. The lowest BCUT2D eigenvalue weighted by atomic mass is 10.2. The summed E-state index contributed by atoms with van der Waals surface area (Å²) < 4.78 is 0. The molecular formula is C15H25N3O. The van der Waals surface area contributed by atoms with Crippen molar-refractivity contribution in [3.05, 3.63) is 29.8 Å².